The van der Waals surface area contributed by atoms with Crippen LogP contribution >= 0.6 is 0 Å². The van der Waals surface area contributed by atoms with Gasteiger partial charge >= 0.3 is 13.1 Å². The van der Waals surface area contributed by atoms with Crippen molar-refractivity contribution in [3.63, 3.8) is 0 Å². The van der Waals surface area contributed by atoms with Gasteiger partial charge in [-0.3, -0.25) is 9.10 Å². The Kier molecular flexibility index (Phi) is 7.48. The molecule has 0 saturated carbocycles. The molecule has 216 valence electrons. The number of anilines is 1. The lowest BCUT2D eigenvalue weighted by molar-refractivity contribution is -0.161. The third kappa shape index (κ3) is 5.13. The van der Waals surface area contributed by atoms with Crippen molar-refractivity contribution in [2.45, 2.75) is 76.1 Å². The predicted molar refractivity (Wildman–Crippen MR) is 151 cm³/mol. The van der Waals surface area contributed by atoms with Crippen LogP contribution in [0.1, 0.15) is 52.5 Å². The molecule has 0 aromatic heterocycles. The van der Waals surface area contributed by atoms with Crippen LogP contribution in [0.4, 0.5) is 5.69 Å². The van der Waals surface area contributed by atoms with Gasteiger partial charge < -0.3 is 23.5 Å². The molecular formula is C29H38BNO8S. The Balaban J connectivity index is 1.55. The summed E-state index contributed by atoms with van der Waals surface area (Å²) in [5.74, 6) is 0.0919. The Morgan fingerprint density at radius 1 is 1.05 bits per heavy atom. The van der Waals surface area contributed by atoms with Gasteiger partial charge in [-0.15, -0.1) is 0 Å². The Bertz CT molecular complexity index is 1370. The summed E-state index contributed by atoms with van der Waals surface area (Å²) < 4.78 is 59.3. The number of nitrogens with zero attached hydrogens (tertiary/aromatic N) is 1. The van der Waals surface area contributed by atoms with E-state index in [1.54, 1.807) is 30.3 Å². The molecule has 3 heterocycles. The Hall–Kier alpha value is -2.60. The van der Waals surface area contributed by atoms with E-state index in [2.05, 4.69) is 0 Å². The Morgan fingerprint density at radius 3 is 2.35 bits per heavy atom. The molecule has 0 N–H and O–H groups in total. The summed E-state index contributed by atoms with van der Waals surface area (Å²) in [4.78, 5) is 13.1. The molecule has 2 aromatic rings. The molecule has 0 unspecified atom stereocenters. The monoisotopic (exact) mass is 571 g/mol. The minimum atomic E-state index is -3.97. The molecule has 0 bridgehead atoms. The molecule has 0 aliphatic carbocycles. The number of benzene rings is 2. The van der Waals surface area contributed by atoms with Gasteiger partial charge in [-0.2, -0.15) is 0 Å². The van der Waals surface area contributed by atoms with Crippen molar-refractivity contribution in [3.05, 3.63) is 48.0 Å². The zero-order valence-electron chi connectivity index (χ0n) is 24.1. The molecule has 40 heavy (non-hydrogen) atoms. The number of hydrogen-bond acceptors (Lipinski definition) is 8. The molecule has 1 atom stereocenters. The van der Waals surface area contributed by atoms with E-state index in [4.69, 9.17) is 23.5 Å². The number of hydrogen-bond donors (Lipinski definition) is 0. The fourth-order valence-electron chi connectivity index (χ4n) is 5.60. The third-order valence-corrected chi connectivity index (χ3v) is 10.5. The van der Waals surface area contributed by atoms with Crippen molar-refractivity contribution < 1.29 is 36.7 Å². The second-order valence-electron chi connectivity index (χ2n) is 12.0. The lowest BCUT2D eigenvalue weighted by Crippen LogP contribution is -2.49. The highest BCUT2D eigenvalue weighted by atomic mass is 32.2. The second kappa shape index (κ2) is 10.3. The van der Waals surface area contributed by atoms with Gasteiger partial charge in [0.05, 0.1) is 40.9 Å². The summed E-state index contributed by atoms with van der Waals surface area (Å²) in [6.45, 7) is 10.7. The molecule has 9 nitrogen and oxygen atoms in total. The minimum absolute atomic E-state index is 0.0374. The van der Waals surface area contributed by atoms with Crippen molar-refractivity contribution in [2.75, 3.05) is 31.2 Å². The van der Waals surface area contributed by atoms with Crippen molar-refractivity contribution in [1.29, 1.82) is 0 Å². The van der Waals surface area contributed by atoms with E-state index in [-0.39, 0.29) is 17.4 Å². The van der Waals surface area contributed by atoms with E-state index in [1.165, 1.54) is 11.4 Å². The van der Waals surface area contributed by atoms with Crippen LogP contribution in [0.5, 0.6) is 5.75 Å². The molecule has 3 aliphatic rings. The molecule has 3 aliphatic heterocycles. The summed E-state index contributed by atoms with van der Waals surface area (Å²) in [5, 5.41) is 0. The largest absolute Gasteiger partial charge is 0.494 e. The normalized spacial score (nSPS) is 23.3. The van der Waals surface area contributed by atoms with Crippen LogP contribution in [-0.2, 0) is 33.6 Å². The molecule has 5 rings (SSSR count). The molecule has 11 heteroatoms. The lowest BCUT2D eigenvalue weighted by Gasteiger charge is -2.41. The van der Waals surface area contributed by atoms with Crippen LogP contribution in [0.15, 0.2) is 47.4 Å². The number of sulfonamides is 1. The number of carbonyl (C=O) groups is 1. The maximum absolute atomic E-state index is 14.1. The third-order valence-electron chi connectivity index (χ3n) is 8.70. The number of rotatable bonds is 6. The van der Waals surface area contributed by atoms with E-state index >= 15 is 0 Å². The molecule has 0 radical (unpaired) electrons. The first-order chi connectivity index (χ1) is 18.8. The molecule has 2 saturated heterocycles. The number of ether oxygens (including phenoxy) is 3. The quantitative estimate of drug-likeness (QED) is 0.383. The van der Waals surface area contributed by atoms with Gasteiger partial charge in [0.15, 0.2) is 0 Å². The zero-order valence-corrected chi connectivity index (χ0v) is 24.9. The summed E-state index contributed by atoms with van der Waals surface area (Å²) in [6, 6.07) is 12.2. The van der Waals surface area contributed by atoms with E-state index in [0.717, 1.165) is 5.56 Å². The fourth-order valence-corrected chi connectivity index (χ4v) is 7.20. The number of esters is 1. The first-order valence-electron chi connectivity index (χ1n) is 13.7. The van der Waals surface area contributed by atoms with E-state index in [1.807, 2.05) is 46.8 Å². The van der Waals surface area contributed by atoms with Crippen LogP contribution in [0, 0.1) is 12.3 Å². The standard InChI is InChI=1S/C29H38BNO8S/c1-20-8-7-9-23(16-20)40(33,34)31-19-22(18-29(26(32)35-6)12-14-36-15-13-29)37-25-11-10-21(17-24(25)31)30-38-27(2,3)28(4,5)39-30/h7-11,16-17,22H,12-15,18-19H2,1-6H3/t22-/m0/s1. The first kappa shape index (κ1) is 28.9. The number of fused-ring (bicyclic) bond motifs is 1. The van der Waals surface area contributed by atoms with Crippen LogP contribution < -0.4 is 14.5 Å². The number of methoxy groups -OCH3 is 1. The van der Waals surface area contributed by atoms with Crippen LogP contribution in [0.3, 0.4) is 0 Å². The summed E-state index contributed by atoms with van der Waals surface area (Å²) in [5.41, 5.74) is 0.0340. The van der Waals surface area contributed by atoms with Crippen molar-refractivity contribution >= 4 is 34.3 Å². The molecule has 0 amide bonds. The maximum Gasteiger partial charge on any atom is 0.494 e. The van der Waals surface area contributed by atoms with Crippen molar-refractivity contribution in [2.24, 2.45) is 5.41 Å². The van der Waals surface area contributed by atoms with Gasteiger partial charge in [0.1, 0.15) is 11.9 Å². The number of aryl methyl sites for hydroxylation is 1. The average molecular weight is 572 g/mol. The van der Waals surface area contributed by atoms with Crippen LogP contribution in [0.2, 0.25) is 0 Å². The van der Waals surface area contributed by atoms with E-state index in [9.17, 15) is 13.2 Å². The lowest BCUT2D eigenvalue weighted by atomic mass is 9.75. The van der Waals surface area contributed by atoms with Crippen LogP contribution in [-0.4, -0.2) is 65.7 Å². The van der Waals surface area contributed by atoms with Gasteiger partial charge in [-0.1, -0.05) is 18.2 Å². The first-order valence-corrected chi connectivity index (χ1v) is 15.1. The molecule has 2 fully saturated rings. The smallest absolute Gasteiger partial charge is 0.486 e. The van der Waals surface area contributed by atoms with Gasteiger partial charge in [0.2, 0.25) is 0 Å². The maximum atomic E-state index is 14.1. The SMILES string of the molecule is COC(=O)C1(C[C@H]2CN(S(=O)(=O)c3cccc(C)c3)c3cc(B4OC(C)(C)C(C)(C)O4)ccc3O2)CCOCC1. The van der Waals surface area contributed by atoms with Gasteiger partial charge in [0, 0.05) is 19.6 Å². The number of carbonyl (C=O) groups excluding carboxylic acids is 1. The second-order valence-corrected chi connectivity index (χ2v) is 13.9. The average Bonchev–Trinajstić information content (AvgIpc) is 3.14. The highest BCUT2D eigenvalue weighted by Gasteiger charge is 2.52. The van der Waals surface area contributed by atoms with Crippen molar-refractivity contribution in [1.82, 2.24) is 0 Å². The minimum Gasteiger partial charge on any atom is -0.486 e. The molecule has 0 spiro atoms. The molecule has 2 aromatic carbocycles. The fraction of sp³-hybridized carbons (Fsp3) is 0.552. The highest BCUT2D eigenvalue weighted by Crippen LogP contribution is 2.43. The van der Waals surface area contributed by atoms with Crippen molar-refractivity contribution in [3.8, 4) is 5.75 Å². The predicted octanol–water partition coefficient (Wildman–Crippen LogP) is 3.61. The summed E-state index contributed by atoms with van der Waals surface area (Å²) in [6.07, 6.45) is 0.698. The van der Waals surface area contributed by atoms with Crippen LogP contribution in [0.25, 0.3) is 0 Å². The molecular weight excluding hydrogens is 533 g/mol. The highest BCUT2D eigenvalue weighted by molar-refractivity contribution is 7.92. The van der Waals surface area contributed by atoms with Gasteiger partial charge in [-0.25, -0.2) is 8.42 Å². The summed E-state index contributed by atoms with van der Waals surface area (Å²) in [7, 11) is -3.26. The summed E-state index contributed by atoms with van der Waals surface area (Å²) >= 11 is 0. The van der Waals surface area contributed by atoms with Gasteiger partial charge in [0.25, 0.3) is 10.0 Å². The van der Waals surface area contributed by atoms with E-state index < -0.39 is 39.9 Å². The zero-order chi connectivity index (χ0) is 28.9. The Labute approximate surface area is 237 Å². The van der Waals surface area contributed by atoms with Gasteiger partial charge in [-0.05, 0) is 82.8 Å². The van der Waals surface area contributed by atoms with E-state index in [0.29, 0.717) is 49.4 Å². The Morgan fingerprint density at radius 2 is 1.73 bits per heavy atom. The topological polar surface area (TPSA) is 101 Å².